The highest BCUT2D eigenvalue weighted by molar-refractivity contribution is 9.10. The van der Waals surface area contributed by atoms with Gasteiger partial charge in [-0.1, -0.05) is 46.3 Å². The lowest BCUT2D eigenvalue weighted by atomic mass is 10.1. The molecular weight excluding hydrogens is 516 g/mol. The summed E-state index contributed by atoms with van der Waals surface area (Å²) in [4.78, 5) is 23.0. The van der Waals surface area contributed by atoms with Crippen molar-refractivity contribution in [3.8, 4) is 5.75 Å². The Morgan fingerprint density at radius 1 is 0.944 bits per heavy atom. The summed E-state index contributed by atoms with van der Waals surface area (Å²) in [5, 5.41) is 4.03. The van der Waals surface area contributed by atoms with Gasteiger partial charge in [0.25, 0.3) is 5.91 Å². The number of hydrogen-bond donors (Lipinski definition) is 1. The lowest BCUT2D eigenvalue weighted by Crippen LogP contribution is -2.47. The van der Waals surface area contributed by atoms with Gasteiger partial charge in [-0.3, -0.25) is 4.79 Å². The van der Waals surface area contributed by atoms with E-state index in [1.807, 2.05) is 73.7 Å². The molecular formula is C29H29BrN4O2. The number of amides is 1. The number of halogens is 1. The Hall–Kier alpha value is -3.58. The number of rotatable bonds is 6. The zero-order chi connectivity index (χ0) is 25.1. The van der Waals surface area contributed by atoms with Crippen LogP contribution in [0.3, 0.4) is 0 Å². The molecule has 6 nitrogen and oxygen atoms in total. The molecule has 0 saturated carbocycles. The number of methoxy groups -OCH3 is 1. The molecule has 0 bridgehead atoms. The van der Waals surface area contributed by atoms with Crippen molar-refractivity contribution in [3.63, 3.8) is 0 Å². The van der Waals surface area contributed by atoms with Gasteiger partial charge in [-0.2, -0.15) is 0 Å². The number of hydrogen-bond acceptors (Lipinski definition) is 5. The molecule has 7 heteroatoms. The van der Waals surface area contributed by atoms with Crippen molar-refractivity contribution in [2.45, 2.75) is 13.0 Å². The van der Waals surface area contributed by atoms with Crippen molar-refractivity contribution in [2.75, 3.05) is 43.1 Å². The molecule has 1 amide bonds. The molecule has 0 radical (unpaired) electrons. The first kappa shape index (κ1) is 24.1. The van der Waals surface area contributed by atoms with Gasteiger partial charge in [0.15, 0.2) is 0 Å². The standard InChI is InChI=1S/C29H29BrN4O2/c1-20(21-7-9-22(30)10-8-21)31-29(35)26-19-28(32-27-6-4-3-5-25(26)27)34-17-15-33(16-18-34)23-11-13-24(36-2)14-12-23/h3-14,19-20H,15-18H2,1-2H3,(H,31,35)/t20-/m1/s1. The topological polar surface area (TPSA) is 57.7 Å². The molecule has 4 aromatic rings. The number of benzene rings is 3. The van der Waals surface area contributed by atoms with Crippen LogP contribution in [0.2, 0.25) is 0 Å². The summed E-state index contributed by atoms with van der Waals surface area (Å²) in [6, 6.07) is 25.9. The third-order valence-corrected chi connectivity index (χ3v) is 7.23. The number of carbonyl (C=O) groups excluding carboxylic acids is 1. The van der Waals surface area contributed by atoms with Crippen molar-refractivity contribution < 1.29 is 9.53 Å². The maximum atomic E-state index is 13.4. The molecule has 3 aromatic carbocycles. The zero-order valence-corrected chi connectivity index (χ0v) is 22.0. The highest BCUT2D eigenvalue weighted by atomic mass is 79.9. The van der Waals surface area contributed by atoms with E-state index in [-0.39, 0.29) is 11.9 Å². The number of pyridine rings is 1. The largest absolute Gasteiger partial charge is 0.497 e. The van der Waals surface area contributed by atoms with Gasteiger partial charge < -0.3 is 19.9 Å². The smallest absolute Gasteiger partial charge is 0.252 e. The zero-order valence-electron chi connectivity index (χ0n) is 20.4. The summed E-state index contributed by atoms with van der Waals surface area (Å²) < 4.78 is 6.30. The van der Waals surface area contributed by atoms with Gasteiger partial charge in [-0.05, 0) is 61.0 Å². The Morgan fingerprint density at radius 3 is 2.31 bits per heavy atom. The van der Waals surface area contributed by atoms with Crippen molar-refractivity contribution in [1.82, 2.24) is 10.3 Å². The first-order valence-corrected chi connectivity index (χ1v) is 12.9. The van der Waals surface area contributed by atoms with E-state index in [0.717, 1.165) is 58.7 Å². The van der Waals surface area contributed by atoms with E-state index in [1.165, 1.54) is 5.69 Å². The Bertz CT molecular complexity index is 1350. The van der Waals surface area contributed by atoms with Crippen LogP contribution >= 0.6 is 15.9 Å². The molecule has 1 aliphatic heterocycles. The maximum absolute atomic E-state index is 13.4. The second kappa shape index (κ2) is 10.6. The van der Waals surface area contributed by atoms with Gasteiger partial charge in [0.05, 0.1) is 24.2 Å². The van der Waals surface area contributed by atoms with Crippen molar-refractivity contribution in [3.05, 3.63) is 94.5 Å². The Kier molecular flexibility index (Phi) is 7.09. The first-order chi connectivity index (χ1) is 17.5. The summed E-state index contributed by atoms with van der Waals surface area (Å²) in [6.07, 6.45) is 0. The predicted molar refractivity (Wildman–Crippen MR) is 149 cm³/mol. The fraction of sp³-hybridized carbons (Fsp3) is 0.241. The minimum Gasteiger partial charge on any atom is -0.497 e. The second-order valence-electron chi connectivity index (χ2n) is 8.96. The van der Waals surface area contributed by atoms with Crippen LogP contribution in [0, 0.1) is 0 Å². The SMILES string of the molecule is COc1ccc(N2CCN(c3cc(C(=O)N[C@H](C)c4ccc(Br)cc4)c4ccccc4n3)CC2)cc1. The van der Waals surface area contributed by atoms with Gasteiger partial charge in [0, 0.05) is 41.7 Å². The monoisotopic (exact) mass is 544 g/mol. The quantitative estimate of drug-likeness (QED) is 0.331. The van der Waals surface area contributed by atoms with Crippen LogP contribution in [-0.4, -0.2) is 44.2 Å². The molecule has 0 unspecified atom stereocenters. The van der Waals surface area contributed by atoms with E-state index < -0.39 is 0 Å². The number of ether oxygens (including phenoxy) is 1. The molecule has 1 aliphatic rings. The highest BCUT2D eigenvalue weighted by Gasteiger charge is 2.22. The highest BCUT2D eigenvalue weighted by Crippen LogP contribution is 2.27. The van der Waals surface area contributed by atoms with E-state index in [4.69, 9.17) is 9.72 Å². The Morgan fingerprint density at radius 2 is 1.61 bits per heavy atom. The van der Waals surface area contributed by atoms with Crippen LogP contribution in [0.5, 0.6) is 5.75 Å². The van der Waals surface area contributed by atoms with E-state index in [0.29, 0.717) is 5.56 Å². The van der Waals surface area contributed by atoms with Crippen LogP contribution in [0.15, 0.2) is 83.3 Å². The molecule has 0 aliphatic carbocycles. The van der Waals surface area contributed by atoms with Crippen LogP contribution in [-0.2, 0) is 0 Å². The molecule has 1 fully saturated rings. The van der Waals surface area contributed by atoms with Crippen LogP contribution in [0.4, 0.5) is 11.5 Å². The number of carbonyl (C=O) groups is 1. The summed E-state index contributed by atoms with van der Waals surface area (Å²) in [6.45, 7) is 5.41. The molecule has 184 valence electrons. The van der Waals surface area contributed by atoms with Gasteiger partial charge in [0.1, 0.15) is 11.6 Å². The van der Waals surface area contributed by atoms with Crippen molar-refractivity contribution in [1.29, 1.82) is 0 Å². The summed E-state index contributed by atoms with van der Waals surface area (Å²) in [5.41, 5.74) is 3.72. The van der Waals surface area contributed by atoms with Gasteiger partial charge in [-0.15, -0.1) is 0 Å². The number of fused-ring (bicyclic) bond motifs is 1. The van der Waals surface area contributed by atoms with Crippen LogP contribution < -0.4 is 19.9 Å². The normalized spacial score (nSPS) is 14.5. The van der Waals surface area contributed by atoms with Crippen LogP contribution in [0.1, 0.15) is 28.9 Å². The van der Waals surface area contributed by atoms with E-state index >= 15 is 0 Å². The van der Waals surface area contributed by atoms with Gasteiger partial charge >= 0.3 is 0 Å². The number of aromatic nitrogens is 1. The maximum Gasteiger partial charge on any atom is 0.252 e. The Balaban J connectivity index is 1.35. The third kappa shape index (κ3) is 5.16. The fourth-order valence-corrected chi connectivity index (χ4v) is 4.87. The number of para-hydroxylation sites is 1. The molecule has 1 aromatic heterocycles. The van der Waals surface area contributed by atoms with Crippen LogP contribution in [0.25, 0.3) is 10.9 Å². The van der Waals surface area contributed by atoms with E-state index in [2.05, 4.69) is 43.2 Å². The second-order valence-corrected chi connectivity index (χ2v) is 9.88. The third-order valence-electron chi connectivity index (χ3n) is 6.71. The van der Waals surface area contributed by atoms with Gasteiger partial charge in [-0.25, -0.2) is 4.98 Å². The fourth-order valence-electron chi connectivity index (χ4n) is 4.61. The lowest BCUT2D eigenvalue weighted by Gasteiger charge is -2.37. The molecule has 1 atom stereocenters. The summed E-state index contributed by atoms with van der Waals surface area (Å²) in [7, 11) is 1.68. The van der Waals surface area contributed by atoms with Crippen molar-refractivity contribution in [2.24, 2.45) is 0 Å². The minimum absolute atomic E-state index is 0.0952. The van der Waals surface area contributed by atoms with Crippen molar-refractivity contribution >= 4 is 44.2 Å². The molecule has 1 saturated heterocycles. The van der Waals surface area contributed by atoms with Gasteiger partial charge in [0.2, 0.25) is 0 Å². The van der Waals surface area contributed by atoms with E-state index in [9.17, 15) is 4.79 Å². The number of anilines is 2. The predicted octanol–water partition coefficient (Wildman–Crippen LogP) is 5.82. The summed E-state index contributed by atoms with van der Waals surface area (Å²) in [5.74, 6) is 1.60. The first-order valence-electron chi connectivity index (χ1n) is 12.1. The Labute approximate surface area is 220 Å². The average Bonchev–Trinajstić information content (AvgIpc) is 2.93. The molecule has 2 heterocycles. The average molecular weight is 545 g/mol. The molecule has 0 spiro atoms. The molecule has 36 heavy (non-hydrogen) atoms. The lowest BCUT2D eigenvalue weighted by molar-refractivity contribution is 0.0941. The molecule has 1 N–H and O–H groups in total. The number of nitrogens with zero attached hydrogens (tertiary/aromatic N) is 3. The number of piperazine rings is 1. The summed E-state index contributed by atoms with van der Waals surface area (Å²) >= 11 is 3.47. The molecule has 5 rings (SSSR count). The van der Waals surface area contributed by atoms with E-state index in [1.54, 1.807) is 7.11 Å². The minimum atomic E-state index is -0.117. The number of nitrogens with one attached hydrogen (secondary N) is 1.